The van der Waals surface area contributed by atoms with Gasteiger partial charge in [0.25, 0.3) is 5.69 Å². The normalized spacial score (nSPS) is 12.1. The van der Waals surface area contributed by atoms with Crippen LogP contribution in [-0.2, 0) is 4.57 Å². The van der Waals surface area contributed by atoms with Crippen LogP contribution in [0.15, 0.2) is 115 Å². The molecule has 0 aliphatic carbocycles. The van der Waals surface area contributed by atoms with Crippen molar-refractivity contribution in [1.29, 1.82) is 0 Å². The highest BCUT2D eigenvalue weighted by molar-refractivity contribution is 7.79. The van der Waals surface area contributed by atoms with Crippen LogP contribution in [0.4, 0.5) is 5.69 Å². The van der Waals surface area contributed by atoms with E-state index in [-0.39, 0.29) is 17.9 Å². The fourth-order valence-corrected chi connectivity index (χ4v) is 7.26. The van der Waals surface area contributed by atoms with E-state index in [1.165, 1.54) is 12.1 Å². The summed E-state index contributed by atoms with van der Waals surface area (Å²) in [6.07, 6.45) is 0.00287. The summed E-state index contributed by atoms with van der Waals surface area (Å²) in [7, 11) is -3.36. The predicted octanol–water partition coefficient (Wildman–Crippen LogP) is 5.92. The van der Waals surface area contributed by atoms with E-state index in [1.54, 1.807) is 36.4 Å². The number of carbonyl (C=O) groups is 1. The number of Topliss-reactive ketones (excluding diaryl/α,β-unsaturated/α-hetero) is 1. The van der Waals surface area contributed by atoms with Gasteiger partial charge < -0.3 is 4.57 Å². The number of hydrogen-bond acceptors (Lipinski definition) is 4. The lowest BCUT2D eigenvalue weighted by atomic mass is 10.0. The molecule has 0 aliphatic rings. The predicted molar refractivity (Wildman–Crippen MR) is 131 cm³/mol. The van der Waals surface area contributed by atoms with Gasteiger partial charge in [-0.2, -0.15) is 0 Å². The zero-order valence-electron chi connectivity index (χ0n) is 17.8. The van der Waals surface area contributed by atoms with Crippen LogP contribution in [0, 0.1) is 10.1 Å². The number of rotatable bonds is 8. The zero-order valence-corrected chi connectivity index (χ0v) is 18.7. The number of carbonyl (C=O) groups excluding carboxylic acids is 1. The number of non-ortho nitro benzene ring substituents is 1. The molecule has 0 spiro atoms. The molecule has 0 fully saturated rings. The molecular weight excluding hydrogens is 433 g/mol. The maximum absolute atomic E-state index is 15.0. The van der Waals surface area contributed by atoms with Crippen LogP contribution in [-0.4, -0.2) is 10.7 Å². The summed E-state index contributed by atoms with van der Waals surface area (Å²) in [5, 5.41) is 12.5. The highest BCUT2D eigenvalue weighted by atomic mass is 31.2. The molecule has 0 aliphatic heterocycles. The van der Waals surface area contributed by atoms with Gasteiger partial charge in [-0.1, -0.05) is 103 Å². The van der Waals surface area contributed by atoms with Gasteiger partial charge >= 0.3 is 0 Å². The maximum atomic E-state index is 15.0. The first-order valence-corrected chi connectivity index (χ1v) is 12.3. The lowest BCUT2D eigenvalue weighted by Crippen LogP contribution is -2.23. The molecule has 0 bridgehead atoms. The number of nitrogens with zero attached hydrogens (tertiary/aromatic N) is 1. The molecule has 0 unspecified atom stereocenters. The molecule has 0 heterocycles. The first kappa shape index (κ1) is 22.4. The van der Waals surface area contributed by atoms with Gasteiger partial charge in [-0.05, 0) is 5.56 Å². The molecule has 0 amide bonds. The van der Waals surface area contributed by atoms with E-state index in [0.717, 1.165) is 0 Å². The molecule has 5 nitrogen and oxygen atoms in total. The SMILES string of the molecule is O=C(C[C@@H](c1ccc([N+](=O)[O-])cc1)P(=O)(c1ccccc1)c1ccccc1)c1ccccc1. The van der Waals surface area contributed by atoms with E-state index in [9.17, 15) is 14.9 Å². The Bertz CT molecular complexity index is 1250. The summed E-state index contributed by atoms with van der Waals surface area (Å²) < 4.78 is 15.0. The van der Waals surface area contributed by atoms with Crippen LogP contribution in [0.3, 0.4) is 0 Å². The Morgan fingerprint density at radius 2 is 1.18 bits per heavy atom. The van der Waals surface area contributed by atoms with Crippen LogP contribution >= 0.6 is 7.14 Å². The maximum Gasteiger partial charge on any atom is 0.269 e. The smallest absolute Gasteiger partial charge is 0.269 e. The van der Waals surface area contributed by atoms with Gasteiger partial charge in [-0.3, -0.25) is 14.9 Å². The van der Waals surface area contributed by atoms with Gasteiger partial charge in [0, 0.05) is 34.7 Å². The van der Waals surface area contributed by atoms with Crippen molar-refractivity contribution < 1.29 is 14.3 Å². The number of nitro benzene ring substituents is 1. The van der Waals surface area contributed by atoms with Crippen LogP contribution in [0.2, 0.25) is 0 Å². The van der Waals surface area contributed by atoms with Crippen LogP contribution in [0.25, 0.3) is 0 Å². The number of benzene rings is 4. The molecule has 164 valence electrons. The van der Waals surface area contributed by atoms with E-state index in [4.69, 9.17) is 0 Å². The second kappa shape index (κ2) is 9.76. The molecule has 0 saturated heterocycles. The Morgan fingerprint density at radius 3 is 1.64 bits per heavy atom. The van der Waals surface area contributed by atoms with E-state index < -0.39 is 17.7 Å². The summed E-state index contributed by atoms with van der Waals surface area (Å²) >= 11 is 0. The molecule has 33 heavy (non-hydrogen) atoms. The number of hydrogen-bond donors (Lipinski definition) is 0. The first-order valence-electron chi connectivity index (χ1n) is 10.5. The topological polar surface area (TPSA) is 77.3 Å². The summed E-state index contributed by atoms with van der Waals surface area (Å²) in [6.45, 7) is 0. The van der Waals surface area contributed by atoms with Crippen molar-refractivity contribution in [3.63, 3.8) is 0 Å². The van der Waals surface area contributed by atoms with Crippen molar-refractivity contribution in [2.75, 3.05) is 0 Å². The fraction of sp³-hybridized carbons (Fsp3) is 0.0741. The van der Waals surface area contributed by atoms with E-state index in [2.05, 4.69) is 0 Å². The largest absolute Gasteiger partial charge is 0.313 e. The van der Waals surface area contributed by atoms with Crippen LogP contribution in [0.5, 0.6) is 0 Å². The highest BCUT2D eigenvalue weighted by Crippen LogP contribution is 2.59. The highest BCUT2D eigenvalue weighted by Gasteiger charge is 2.39. The minimum absolute atomic E-state index is 0.00287. The van der Waals surface area contributed by atoms with Crippen LogP contribution < -0.4 is 10.6 Å². The Labute approximate surface area is 192 Å². The number of nitro groups is 1. The van der Waals surface area contributed by atoms with Crippen molar-refractivity contribution >= 4 is 29.2 Å². The van der Waals surface area contributed by atoms with Crippen molar-refractivity contribution in [1.82, 2.24) is 0 Å². The Morgan fingerprint density at radius 1 is 0.727 bits per heavy atom. The molecule has 0 N–H and O–H groups in total. The molecular formula is C27H22NO4P. The van der Waals surface area contributed by atoms with E-state index >= 15 is 4.57 Å². The molecule has 1 atom stereocenters. The van der Waals surface area contributed by atoms with Gasteiger partial charge in [0.05, 0.1) is 10.6 Å². The monoisotopic (exact) mass is 455 g/mol. The molecule has 4 rings (SSSR count). The quantitative estimate of drug-likeness (QED) is 0.143. The second-order valence-electron chi connectivity index (χ2n) is 7.69. The summed E-state index contributed by atoms with van der Waals surface area (Å²) in [6, 6.07) is 33.2. The van der Waals surface area contributed by atoms with E-state index in [1.807, 2.05) is 66.7 Å². The van der Waals surface area contributed by atoms with Crippen molar-refractivity contribution in [3.05, 3.63) is 137 Å². The number of ketones is 1. The molecule has 0 saturated carbocycles. The Kier molecular flexibility index (Phi) is 6.62. The average molecular weight is 455 g/mol. The summed E-state index contributed by atoms with van der Waals surface area (Å²) in [4.78, 5) is 24.0. The van der Waals surface area contributed by atoms with E-state index in [0.29, 0.717) is 21.7 Å². The van der Waals surface area contributed by atoms with Gasteiger partial charge in [-0.15, -0.1) is 0 Å². The first-order chi connectivity index (χ1) is 16.0. The third kappa shape index (κ3) is 4.69. The Hall–Kier alpha value is -3.82. The van der Waals surface area contributed by atoms with Gasteiger partial charge in [0.1, 0.15) is 0 Å². The van der Waals surface area contributed by atoms with Crippen LogP contribution in [0.1, 0.15) is 28.0 Å². The molecule has 0 radical (unpaired) electrons. The zero-order chi connectivity index (χ0) is 23.3. The van der Waals surface area contributed by atoms with Crippen molar-refractivity contribution in [2.45, 2.75) is 12.1 Å². The summed E-state index contributed by atoms with van der Waals surface area (Å²) in [5.41, 5.74) is 0.426. The molecule has 0 aromatic heterocycles. The average Bonchev–Trinajstić information content (AvgIpc) is 2.88. The standard InChI is InChI=1S/C27H22NO4P/c29-26(21-10-4-1-5-11-21)20-27(22-16-18-23(19-17-22)28(30)31)33(32,24-12-6-2-7-13-24)25-14-8-3-9-15-25/h1-19,27H,20H2/t27-/m0/s1. The third-order valence-electron chi connectivity index (χ3n) is 5.68. The lowest BCUT2D eigenvalue weighted by molar-refractivity contribution is -0.384. The van der Waals surface area contributed by atoms with Crippen molar-refractivity contribution in [2.24, 2.45) is 0 Å². The fourth-order valence-electron chi connectivity index (χ4n) is 4.00. The van der Waals surface area contributed by atoms with Gasteiger partial charge in [0.15, 0.2) is 12.9 Å². The molecule has 4 aromatic carbocycles. The van der Waals surface area contributed by atoms with Crippen molar-refractivity contribution in [3.8, 4) is 0 Å². The summed E-state index contributed by atoms with van der Waals surface area (Å²) in [5.74, 6) is -0.133. The van der Waals surface area contributed by atoms with Gasteiger partial charge in [0.2, 0.25) is 0 Å². The minimum Gasteiger partial charge on any atom is -0.313 e. The lowest BCUT2D eigenvalue weighted by Gasteiger charge is -2.29. The molecule has 6 heteroatoms. The van der Waals surface area contributed by atoms with Gasteiger partial charge in [-0.25, -0.2) is 0 Å². The Balaban J connectivity index is 1.89. The second-order valence-corrected chi connectivity index (χ2v) is 10.7. The molecule has 4 aromatic rings. The minimum atomic E-state index is -3.36. The third-order valence-corrected chi connectivity index (χ3v) is 9.17.